The molecule has 0 unspecified atom stereocenters. The summed E-state index contributed by atoms with van der Waals surface area (Å²) in [6.07, 6.45) is 1.68. The first kappa shape index (κ1) is 16.6. The third-order valence-corrected chi connectivity index (χ3v) is 4.58. The maximum absolute atomic E-state index is 14.3. The number of anilines is 1. The number of benzene rings is 1. The predicted molar refractivity (Wildman–Crippen MR) is 89.0 cm³/mol. The molecule has 0 radical (unpaired) electrons. The zero-order valence-corrected chi connectivity index (χ0v) is 14.2. The van der Waals surface area contributed by atoms with E-state index in [9.17, 15) is 14.0 Å². The number of nitrogens with zero attached hydrogens (tertiary/aromatic N) is 2. The zero-order valence-electron chi connectivity index (χ0n) is 13.4. The number of hydrogen-bond donors (Lipinski definition) is 0. The number of rotatable bonds is 5. The van der Waals surface area contributed by atoms with Gasteiger partial charge in [0.25, 0.3) is 5.91 Å². The van der Waals surface area contributed by atoms with Crippen molar-refractivity contribution < 1.29 is 18.7 Å². The Morgan fingerprint density at radius 3 is 2.83 bits per heavy atom. The number of ether oxygens (including phenoxy) is 1. The molecule has 1 heterocycles. The van der Waals surface area contributed by atoms with Crippen molar-refractivity contribution in [3.05, 3.63) is 46.2 Å². The Morgan fingerprint density at radius 1 is 1.42 bits per heavy atom. The quantitative estimate of drug-likeness (QED) is 0.775. The van der Waals surface area contributed by atoms with Crippen molar-refractivity contribution in [2.45, 2.75) is 32.7 Å². The topological polar surface area (TPSA) is 59.5 Å². The molecule has 0 atom stereocenters. The highest BCUT2D eigenvalue weighted by atomic mass is 32.1. The first-order chi connectivity index (χ1) is 11.5. The van der Waals surface area contributed by atoms with Gasteiger partial charge in [-0.3, -0.25) is 9.69 Å². The van der Waals surface area contributed by atoms with Gasteiger partial charge in [-0.2, -0.15) is 0 Å². The van der Waals surface area contributed by atoms with Gasteiger partial charge in [0, 0.05) is 11.4 Å². The molecule has 0 N–H and O–H groups in total. The largest absolute Gasteiger partial charge is 0.461 e. The maximum Gasteiger partial charge on any atom is 0.357 e. The average molecular weight is 348 g/mol. The summed E-state index contributed by atoms with van der Waals surface area (Å²) < 4.78 is 19.2. The molecule has 24 heavy (non-hydrogen) atoms. The molecule has 1 fully saturated rings. The van der Waals surface area contributed by atoms with E-state index >= 15 is 0 Å². The van der Waals surface area contributed by atoms with Gasteiger partial charge in [0.1, 0.15) is 5.82 Å². The van der Waals surface area contributed by atoms with Crippen LogP contribution in [0.25, 0.3) is 0 Å². The molecule has 1 saturated carbocycles. The summed E-state index contributed by atoms with van der Waals surface area (Å²) in [6.45, 7) is 3.59. The van der Waals surface area contributed by atoms with Gasteiger partial charge in [-0.1, -0.05) is 12.1 Å². The lowest BCUT2D eigenvalue weighted by Crippen LogP contribution is -2.33. The van der Waals surface area contributed by atoms with Crippen molar-refractivity contribution in [2.75, 3.05) is 11.5 Å². The fourth-order valence-electron chi connectivity index (χ4n) is 2.36. The van der Waals surface area contributed by atoms with E-state index < -0.39 is 17.7 Å². The normalized spacial score (nSPS) is 13.6. The van der Waals surface area contributed by atoms with Gasteiger partial charge in [-0.05, 0) is 38.3 Å². The van der Waals surface area contributed by atoms with Crippen LogP contribution in [0.2, 0.25) is 0 Å². The van der Waals surface area contributed by atoms with E-state index in [1.165, 1.54) is 22.3 Å². The molecular formula is C17H17FN2O3S. The minimum atomic E-state index is -0.523. The molecule has 3 rings (SSSR count). The van der Waals surface area contributed by atoms with Crippen molar-refractivity contribution in [1.29, 1.82) is 0 Å². The summed E-state index contributed by atoms with van der Waals surface area (Å²) in [5.41, 5.74) is 0.609. The molecule has 0 saturated heterocycles. The third kappa shape index (κ3) is 3.17. The van der Waals surface area contributed by atoms with E-state index in [1.54, 1.807) is 31.4 Å². The minimum Gasteiger partial charge on any atom is -0.461 e. The van der Waals surface area contributed by atoms with Gasteiger partial charge >= 0.3 is 5.97 Å². The van der Waals surface area contributed by atoms with Crippen molar-refractivity contribution in [3.63, 3.8) is 0 Å². The Labute approximate surface area is 143 Å². The second kappa shape index (κ2) is 6.68. The highest BCUT2D eigenvalue weighted by Crippen LogP contribution is 2.35. The summed E-state index contributed by atoms with van der Waals surface area (Å²) in [4.78, 5) is 30.3. The standard InChI is InChI=1S/C17H17FN2O3S/c1-3-23-16(22)13-9-24-17(19-13)20(11-7-8-11)15(21)12-6-4-5-10(2)14(12)18/h4-6,9,11H,3,7-8H2,1-2H3. The Balaban J connectivity index is 1.92. The molecule has 1 aromatic carbocycles. The molecule has 0 spiro atoms. The van der Waals surface area contributed by atoms with Crippen LogP contribution in [-0.4, -0.2) is 29.5 Å². The molecule has 1 aliphatic carbocycles. The van der Waals surface area contributed by atoms with E-state index in [0.29, 0.717) is 10.7 Å². The molecule has 126 valence electrons. The van der Waals surface area contributed by atoms with Crippen LogP contribution < -0.4 is 4.90 Å². The molecule has 0 bridgehead atoms. The fraction of sp³-hybridized carbons (Fsp3) is 0.353. The number of aromatic nitrogens is 1. The molecular weight excluding hydrogens is 331 g/mol. The number of carbonyl (C=O) groups is 2. The van der Waals surface area contributed by atoms with Gasteiger partial charge < -0.3 is 4.74 Å². The second-order valence-electron chi connectivity index (χ2n) is 5.58. The Hall–Kier alpha value is -2.28. The number of esters is 1. The van der Waals surface area contributed by atoms with Crippen LogP contribution in [0.1, 0.15) is 46.2 Å². The van der Waals surface area contributed by atoms with E-state index in [1.807, 2.05) is 0 Å². The predicted octanol–water partition coefficient (Wildman–Crippen LogP) is 3.58. The average Bonchev–Trinajstić information content (AvgIpc) is 3.26. The lowest BCUT2D eigenvalue weighted by Gasteiger charge is -2.20. The van der Waals surface area contributed by atoms with Crippen molar-refractivity contribution in [2.24, 2.45) is 0 Å². The number of hydrogen-bond acceptors (Lipinski definition) is 5. The van der Waals surface area contributed by atoms with Crippen LogP contribution in [0.15, 0.2) is 23.6 Å². The van der Waals surface area contributed by atoms with Crippen LogP contribution in [0, 0.1) is 12.7 Å². The molecule has 2 aromatic rings. The number of halogens is 1. The zero-order chi connectivity index (χ0) is 17.3. The molecule has 1 aromatic heterocycles. The van der Waals surface area contributed by atoms with E-state index in [2.05, 4.69) is 4.98 Å². The fourth-order valence-corrected chi connectivity index (χ4v) is 3.22. The number of aryl methyl sites for hydroxylation is 1. The Bertz CT molecular complexity index is 786. The number of amides is 1. The van der Waals surface area contributed by atoms with Gasteiger partial charge in [-0.25, -0.2) is 14.2 Å². The highest BCUT2D eigenvalue weighted by Gasteiger charge is 2.37. The summed E-state index contributed by atoms with van der Waals surface area (Å²) in [6, 6.07) is 4.75. The maximum atomic E-state index is 14.3. The smallest absolute Gasteiger partial charge is 0.357 e. The molecule has 1 aliphatic rings. The van der Waals surface area contributed by atoms with Crippen LogP contribution in [0.5, 0.6) is 0 Å². The SMILES string of the molecule is CCOC(=O)c1csc(N(C(=O)c2cccc(C)c2F)C2CC2)n1. The third-order valence-electron chi connectivity index (χ3n) is 3.74. The van der Waals surface area contributed by atoms with Crippen LogP contribution in [-0.2, 0) is 4.74 Å². The van der Waals surface area contributed by atoms with Crippen molar-refractivity contribution >= 4 is 28.3 Å². The Kier molecular flexibility index (Phi) is 4.62. The van der Waals surface area contributed by atoms with Crippen LogP contribution in [0.3, 0.4) is 0 Å². The molecule has 0 aliphatic heterocycles. The molecule has 1 amide bonds. The van der Waals surface area contributed by atoms with Gasteiger partial charge in [0.05, 0.1) is 12.2 Å². The summed E-state index contributed by atoms with van der Waals surface area (Å²) in [5, 5.41) is 1.95. The van der Waals surface area contributed by atoms with Gasteiger partial charge in [0.15, 0.2) is 10.8 Å². The second-order valence-corrected chi connectivity index (χ2v) is 6.42. The highest BCUT2D eigenvalue weighted by molar-refractivity contribution is 7.14. The van der Waals surface area contributed by atoms with Crippen LogP contribution in [0.4, 0.5) is 9.52 Å². The summed E-state index contributed by atoms with van der Waals surface area (Å²) >= 11 is 1.18. The van der Waals surface area contributed by atoms with E-state index in [-0.39, 0.29) is 23.9 Å². The van der Waals surface area contributed by atoms with E-state index in [4.69, 9.17) is 4.74 Å². The molecule has 5 nitrogen and oxygen atoms in total. The van der Waals surface area contributed by atoms with Gasteiger partial charge in [0.2, 0.25) is 0 Å². The first-order valence-electron chi connectivity index (χ1n) is 7.74. The Morgan fingerprint density at radius 2 is 2.17 bits per heavy atom. The lowest BCUT2D eigenvalue weighted by molar-refractivity contribution is 0.0520. The monoisotopic (exact) mass is 348 g/mol. The minimum absolute atomic E-state index is 0.00129. The number of thiazole rings is 1. The van der Waals surface area contributed by atoms with E-state index in [0.717, 1.165) is 12.8 Å². The lowest BCUT2D eigenvalue weighted by atomic mass is 10.1. The molecule has 7 heteroatoms. The van der Waals surface area contributed by atoms with Crippen molar-refractivity contribution in [1.82, 2.24) is 4.98 Å². The summed E-state index contributed by atoms with van der Waals surface area (Å²) in [5.74, 6) is -1.47. The summed E-state index contributed by atoms with van der Waals surface area (Å²) in [7, 11) is 0. The number of carbonyl (C=O) groups excluding carboxylic acids is 2. The van der Waals surface area contributed by atoms with Gasteiger partial charge in [-0.15, -0.1) is 11.3 Å². The van der Waals surface area contributed by atoms with Crippen LogP contribution >= 0.6 is 11.3 Å². The first-order valence-corrected chi connectivity index (χ1v) is 8.62. The van der Waals surface area contributed by atoms with Crippen molar-refractivity contribution in [3.8, 4) is 0 Å².